The molecule has 0 aliphatic carbocycles. The van der Waals surface area contributed by atoms with Gasteiger partial charge in [0.2, 0.25) is 10.0 Å². The van der Waals surface area contributed by atoms with Gasteiger partial charge in [-0.25, -0.2) is 8.42 Å². The molecule has 7 heteroatoms. The molecule has 0 amide bonds. The molecule has 0 fully saturated rings. The summed E-state index contributed by atoms with van der Waals surface area (Å²) in [5.74, 6) is 0.554. The number of hydrogen-bond acceptors (Lipinski definition) is 5. The molecule has 2 atom stereocenters. The maximum Gasteiger partial charge on any atom is 0.229 e. The molecule has 0 saturated heterocycles. The first-order valence-corrected chi connectivity index (χ1v) is 8.37. The molecule has 2 unspecified atom stereocenters. The highest BCUT2D eigenvalue weighted by molar-refractivity contribution is 7.92. The van der Waals surface area contributed by atoms with Crippen molar-refractivity contribution in [2.24, 2.45) is 0 Å². The van der Waals surface area contributed by atoms with Crippen LogP contribution >= 0.6 is 0 Å². The molecule has 0 radical (unpaired) electrons. The monoisotopic (exact) mass is 302 g/mol. The van der Waals surface area contributed by atoms with Gasteiger partial charge in [0.1, 0.15) is 11.9 Å². The quantitative estimate of drug-likeness (QED) is 0.627. The second-order valence-electron chi connectivity index (χ2n) is 4.63. The number of anilines is 1. The Labute approximate surface area is 120 Å². The average Bonchev–Trinajstić information content (AvgIpc) is 2.34. The van der Waals surface area contributed by atoms with Crippen molar-refractivity contribution in [3.8, 4) is 5.75 Å². The van der Waals surface area contributed by atoms with Gasteiger partial charge in [-0.3, -0.25) is 10.0 Å². The number of rotatable bonds is 8. The van der Waals surface area contributed by atoms with Crippen LogP contribution in [-0.2, 0) is 10.0 Å². The van der Waals surface area contributed by atoms with E-state index in [1.165, 1.54) is 0 Å². The standard InChI is InChI=1S/C13H22N2O4S/c1-4-9-14-13(10(2)16)19-12-7-5-11(6-8-12)15-20(3,17)18/h5-8,10,13-16H,4,9H2,1-3H3. The summed E-state index contributed by atoms with van der Waals surface area (Å²) in [5.41, 5.74) is 0.468. The van der Waals surface area contributed by atoms with Crippen molar-refractivity contribution in [1.82, 2.24) is 5.32 Å². The SMILES string of the molecule is CCCNC(Oc1ccc(NS(C)(=O)=O)cc1)C(C)O. The predicted octanol–water partition coefficient (Wildman–Crippen LogP) is 1.14. The van der Waals surface area contributed by atoms with E-state index in [-0.39, 0.29) is 0 Å². The first-order chi connectivity index (χ1) is 9.31. The molecule has 0 saturated carbocycles. The summed E-state index contributed by atoms with van der Waals surface area (Å²) in [6.07, 6.45) is 0.873. The van der Waals surface area contributed by atoms with Crippen LogP contribution < -0.4 is 14.8 Å². The summed E-state index contributed by atoms with van der Waals surface area (Å²) in [6.45, 7) is 4.41. The molecular weight excluding hydrogens is 280 g/mol. The van der Waals surface area contributed by atoms with E-state index in [9.17, 15) is 13.5 Å². The highest BCUT2D eigenvalue weighted by Crippen LogP contribution is 2.18. The van der Waals surface area contributed by atoms with Gasteiger partial charge in [-0.05, 0) is 44.2 Å². The van der Waals surface area contributed by atoms with E-state index in [0.29, 0.717) is 11.4 Å². The van der Waals surface area contributed by atoms with Gasteiger partial charge in [0.15, 0.2) is 6.23 Å². The van der Waals surface area contributed by atoms with Crippen LogP contribution in [0, 0.1) is 0 Å². The zero-order valence-corrected chi connectivity index (χ0v) is 12.8. The fourth-order valence-corrected chi connectivity index (χ4v) is 2.12. The Morgan fingerprint density at radius 2 is 1.90 bits per heavy atom. The highest BCUT2D eigenvalue weighted by atomic mass is 32.2. The molecule has 0 aromatic heterocycles. The van der Waals surface area contributed by atoms with Gasteiger partial charge < -0.3 is 9.84 Å². The van der Waals surface area contributed by atoms with Crippen molar-refractivity contribution >= 4 is 15.7 Å². The van der Waals surface area contributed by atoms with E-state index in [0.717, 1.165) is 19.2 Å². The average molecular weight is 302 g/mol. The first kappa shape index (κ1) is 16.7. The smallest absolute Gasteiger partial charge is 0.229 e. The van der Waals surface area contributed by atoms with E-state index in [2.05, 4.69) is 10.0 Å². The summed E-state index contributed by atoms with van der Waals surface area (Å²) >= 11 is 0. The number of aliphatic hydroxyl groups excluding tert-OH is 1. The Morgan fingerprint density at radius 1 is 1.30 bits per heavy atom. The Kier molecular flexibility index (Phi) is 6.25. The maximum atomic E-state index is 11.1. The zero-order valence-electron chi connectivity index (χ0n) is 12.0. The van der Waals surface area contributed by atoms with Crippen LogP contribution in [0.5, 0.6) is 5.75 Å². The van der Waals surface area contributed by atoms with Crippen molar-refractivity contribution in [3.05, 3.63) is 24.3 Å². The van der Waals surface area contributed by atoms with E-state index < -0.39 is 22.4 Å². The maximum absolute atomic E-state index is 11.1. The van der Waals surface area contributed by atoms with Crippen molar-refractivity contribution in [3.63, 3.8) is 0 Å². The molecule has 1 rings (SSSR count). The molecule has 0 heterocycles. The van der Waals surface area contributed by atoms with Gasteiger partial charge in [0, 0.05) is 5.69 Å². The Bertz CT molecular complexity index is 500. The Balaban J connectivity index is 2.67. The first-order valence-electron chi connectivity index (χ1n) is 6.48. The summed E-state index contributed by atoms with van der Waals surface area (Å²) < 4.78 is 30.2. The predicted molar refractivity (Wildman–Crippen MR) is 79.3 cm³/mol. The van der Waals surface area contributed by atoms with Crippen molar-refractivity contribution in [2.75, 3.05) is 17.5 Å². The third kappa shape index (κ3) is 6.23. The number of nitrogens with one attached hydrogen (secondary N) is 2. The highest BCUT2D eigenvalue weighted by Gasteiger charge is 2.15. The van der Waals surface area contributed by atoms with E-state index >= 15 is 0 Å². The molecule has 0 spiro atoms. The molecular formula is C13H22N2O4S. The van der Waals surface area contributed by atoms with Gasteiger partial charge in [0.05, 0.1) is 6.26 Å². The van der Waals surface area contributed by atoms with E-state index in [4.69, 9.17) is 4.74 Å². The zero-order chi connectivity index (χ0) is 15.2. The lowest BCUT2D eigenvalue weighted by Crippen LogP contribution is -2.43. The fraction of sp³-hybridized carbons (Fsp3) is 0.538. The second-order valence-corrected chi connectivity index (χ2v) is 6.38. The minimum Gasteiger partial charge on any atom is -0.473 e. The van der Waals surface area contributed by atoms with Crippen LogP contribution in [0.3, 0.4) is 0 Å². The van der Waals surface area contributed by atoms with Crippen molar-refractivity contribution in [2.45, 2.75) is 32.6 Å². The van der Waals surface area contributed by atoms with Crippen LogP contribution in [0.2, 0.25) is 0 Å². The molecule has 1 aromatic rings. The third-order valence-electron chi connectivity index (χ3n) is 2.45. The van der Waals surface area contributed by atoms with Crippen molar-refractivity contribution in [1.29, 1.82) is 0 Å². The van der Waals surface area contributed by atoms with Gasteiger partial charge in [-0.2, -0.15) is 0 Å². The second kappa shape index (κ2) is 7.47. The van der Waals surface area contributed by atoms with Gasteiger partial charge >= 0.3 is 0 Å². The largest absolute Gasteiger partial charge is 0.473 e. The molecule has 6 nitrogen and oxygen atoms in total. The van der Waals surface area contributed by atoms with E-state index in [1.54, 1.807) is 31.2 Å². The summed E-state index contributed by atoms with van der Waals surface area (Å²) in [7, 11) is -3.28. The van der Waals surface area contributed by atoms with E-state index in [1.807, 2.05) is 6.92 Å². The number of sulfonamides is 1. The summed E-state index contributed by atoms with van der Waals surface area (Å²) in [6, 6.07) is 6.51. The van der Waals surface area contributed by atoms with Crippen LogP contribution in [-0.4, -0.2) is 38.7 Å². The number of hydrogen-bond donors (Lipinski definition) is 3. The number of ether oxygens (including phenoxy) is 1. The number of aliphatic hydroxyl groups is 1. The molecule has 3 N–H and O–H groups in total. The normalized spacial score (nSPS) is 14.6. The molecule has 0 aliphatic rings. The lowest BCUT2D eigenvalue weighted by Gasteiger charge is -2.22. The van der Waals surface area contributed by atoms with Gasteiger partial charge in [0.25, 0.3) is 0 Å². The third-order valence-corrected chi connectivity index (χ3v) is 3.06. The minimum atomic E-state index is -3.28. The van der Waals surface area contributed by atoms with Crippen LogP contribution in [0.25, 0.3) is 0 Å². The summed E-state index contributed by atoms with van der Waals surface area (Å²) in [5, 5.41) is 12.7. The lowest BCUT2D eigenvalue weighted by atomic mass is 10.3. The topological polar surface area (TPSA) is 87.7 Å². The fourth-order valence-electron chi connectivity index (χ4n) is 1.56. The Morgan fingerprint density at radius 3 is 2.35 bits per heavy atom. The molecule has 0 aliphatic heterocycles. The lowest BCUT2D eigenvalue weighted by molar-refractivity contribution is 0.0272. The summed E-state index contributed by atoms with van der Waals surface area (Å²) in [4.78, 5) is 0. The van der Waals surface area contributed by atoms with Crippen LogP contribution in [0.4, 0.5) is 5.69 Å². The van der Waals surface area contributed by atoms with Crippen LogP contribution in [0.1, 0.15) is 20.3 Å². The van der Waals surface area contributed by atoms with Crippen LogP contribution in [0.15, 0.2) is 24.3 Å². The van der Waals surface area contributed by atoms with Crippen molar-refractivity contribution < 1.29 is 18.3 Å². The Hall–Kier alpha value is -1.31. The van der Waals surface area contributed by atoms with Gasteiger partial charge in [-0.15, -0.1) is 0 Å². The minimum absolute atomic E-state index is 0.468. The molecule has 114 valence electrons. The molecule has 1 aromatic carbocycles. The molecule has 20 heavy (non-hydrogen) atoms. The number of benzene rings is 1. The van der Waals surface area contributed by atoms with Gasteiger partial charge in [-0.1, -0.05) is 6.92 Å². The molecule has 0 bridgehead atoms.